The molecule has 0 aromatic heterocycles. The van der Waals surface area contributed by atoms with Crippen molar-refractivity contribution in [2.45, 2.75) is 11.8 Å². The van der Waals surface area contributed by atoms with Gasteiger partial charge in [-0.3, -0.25) is 19.5 Å². The molecule has 6 heteroatoms. The van der Waals surface area contributed by atoms with Crippen molar-refractivity contribution in [3.63, 3.8) is 0 Å². The molecule has 5 nitrogen and oxygen atoms in total. The lowest BCUT2D eigenvalue weighted by atomic mass is 10.2. The molecule has 14 heavy (non-hydrogen) atoms. The second-order valence-corrected chi connectivity index (χ2v) is 4.23. The zero-order chi connectivity index (χ0) is 10.1. The van der Waals surface area contributed by atoms with Crippen LogP contribution in [0.1, 0.15) is 6.42 Å². The van der Waals surface area contributed by atoms with Crippen molar-refractivity contribution in [1.82, 2.24) is 4.90 Å². The van der Waals surface area contributed by atoms with Gasteiger partial charge in [0.15, 0.2) is 6.29 Å². The third-order valence-corrected chi connectivity index (χ3v) is 3.45. The second-order valence-electron chi connectivity index (χ2n) is 2.96. The number of nitrogens with zero attached hydrogens (tertiary/aromatic N) is 2. The summed E-state index contributed by atoms with van der Waals surface area (Å²) in [5.74, 6) is 0.0105. The number of amides is 1. The van der Waals surface area contributed by atoms with Gasteiger partial charge >= 0.3 is 0 Å². The summed E-state index contributed by atoms with van der Waals surface area (Å²) in [6, 6.07) is 0. The van der Waals surface area contributed by atoms with E-state index < -0.39 is 0 Å². The second kappa shape index (κ2) is 3.45. The normalized spacial score (nSPS) is 25.6. The van der Waals surface area contributed by atoms with Crippen LogP contribution in [0.25, 0.3) is 0 Å². The van der Waals surface area contributed by atoms with E-state index in [4.69, 9.17) is 5.73 Å². The Hall–Kier alpha value is -1.30. The van der Waals surface area contributed by atoms with Crippen molar-refractivity contribution in [2.24, 2.45) is 10.7 Å². The molecule has 1 saturated heterocycles. The molecule has 2 aliphatic rings. The van der Waals surface area contributed by atoms with Gasteiger partial charge in [0, 0.05) is 4.91 Å². The summed E-state index contributed by atoms with van der Waals surface area (Å²) in [5.41, 5.74) is 5.57. The summed E-state index contributed by atoms with van der Waals surface area (Å²) in [6.07, 6.45) is 2.43. The molecule has 0 spiro atoms. The summed E-state index contributed by atoms with van der Waals surface area (Å²) in [5, 5.41) is 0.116. The number of thioether (sulfide) groups is 1. The number of fused-ring (bicyclic) bond motifs is 1. The van der Waals surface area contributed by atoms with Crippen LogP contribution in [0.5, 0.6) is 0 Å². The Morgan fingerprint density at radius 1 is 1.71 bits per heavy atom. The number of carbonyl (C=O) groups is 2. The molecule has 2 N–H and O–H groups in total. The maximum Gasteiger partial charge on any atom is 0.231 e. The highest BCUT2D eigenvalue weighted by molar-refractivity contribution is 8.04. The van der Waals surface area contributed by atoms with Gasteiger partial charge in [0.05, 0.1) is 30.4 Å². The molecule has 0 saturated carbocycles. The average molecular weight is 211 g/mol. The molecule has 0 unspecified atom stereocenters. The number of allylic oxidation sites excluding steroid dienone is 1. The molecule has 1 amide bonds. The van der Waals surface area contributed by atoms with E-state index in [1.807, 2.05) is 0 Å². The van der Waals surface area contributed by atoms with E-state index in [0.29, 0.717) is 24.9 Å². The molecule has 1 atom stereocenters. The molecular weight excluding hydrogens is 202 g/mol. The quantitative estimate of drug-likeness (QED) is 0.301. The van der Waals surface area contributed by atoms with Gasteiger partial charge in [0.2, 0.25) is 5.91 Å². The van der Waals surface area contributed by atoms with Crippen LogP contribution < -0.4 is 5.73 Å². The van der Waals surface area contributed by atoms with Crippen molar-refractivity contribution in [1.29, 1.82) is 0 Å². The van der Waals surface area contributed by atoms with Crippen LogP contribution in [-0.4, -0.2) is 35.4 Å². The van der Waals surface area contributed by atoms with Crippen molar-refractivity contribution in [2.75, 3.05) is 6.54 Å². The van der Waals surface area contributed by atoms with E-state index in [1.165, 1.54) is 23.0 Å². The molecule has 2 heterocycles. The van der Waals surface area contributed by atoms with E-state index in [0.717, 1.165) is 4.91 Å². The summed E-state index contributed by atoms with van der Waals surface area (Å²) in [4.78, 5) is 28.1. The first-order valence-electron chi connectivity index (χ1n) is 4.15. The number of aliphatic imine (C=N–C) groups is 1. The SMILES string of the molecule is NC=NCC1=C(C=O)N2C(=O)C[C@H]2S1. The van der Waals surface area contributed by atoms with Crippen LogP contribution in [0, 0.1) is 0 Å². The summed E-state index contributed by atoms with van der Waals surface area (Å²) in [6.45, 7) is 0.384. The Labute approximate surface area is 85.0 Å². The largest absolute Gasteiger partial charge is 0.390 e. The number of hydrogen-bond donors (Lipinski definition) is 1. The van der Waals surface area contributed by atoms with Gasteiger partial charge < -0.3 is 5.73 Å². The fraction of sp³-hybridized carbons (Fsp3) is 0.375. The van der Waals surface area contributed by atoms with Gasteiger partial charge in [-0.1, -0.05) is 0 Å². The van der Waals surface area contributed by atoms with Crippen molar-refractivity contribution >= 4 is 30.3 Å². The molecule has 2 aliphatic heterocycles. The highest BCUT2D eigenvalue weighted by Crippen LogP contribution is 2.45. The van der Waals surface area contributed by atoms with Gasteiger partial charge in [-0.15, -0.1) is 11.8 Å². The zero-order valence-electron chi connectivity index (χ0n) is 7.34. The molecule has 0 bridgehead atoms. The molecule has 0 aromatic carbocycles. The number of nitrogens with two attached hydrogens (primary N) is 1. The number of carbonyl (C=O) groups excluding carboxylic acids is 2. The van der Waals surface area contributed by atoms with Crippen molar-refractivity contribution < 1.29 is 9.59 Å². The maximum absolute atomic E-state index is 11.2. The van der Waals surface area contributed by atoms with E-state index >= 15 is 0 Å². The van der Waals surface area contributed by atoms with Gasteiger partial charge in [-0.2, -0.15) is 0 Å². The predicted octanol–water partition coefficient (Wildman–Crippen LogP) is -0.311. The third-order valence-electron chi connectivity index (χ3n) is 2.18. The van der Waals surface area contributed by atoms with Gasteiger partial charge in [0.1, 0.15) is 0 Å². The summed E-state index contributed by atoms with van der Waals surface area (Å²) >= 11 is 1.52. The monoisotopic (exact) mass is 211 g/mol. The first-order valence-corrected chi connectivity index (χ1v) is 5.03. The molecule has 0 aliphatic carbocycles. The average Bonchev–Trinajstić information content (AvgIpc) is 2.46. The van der Waals surface area contributed by atoms with E-state index in [-0.39, 0.29) is 11.3 Å². The van der Waals surface area contributed by atoms with Gasteiger partial charge in [-0.05, 0) is 0 Å². The first-order chi connectivity index (χ1) is 6.77. The maximum atomic E-state index is 11.2. The van der Waals surface area contributed by atoms with E-state index in [9.17, 15) is 9.59 Å². The minimum atomic E-state index is 0.0105. The third kappa shape index (κ3) is 1.22. The topological polar surface area (TPSA) is 75.8 Å². The number of hydrogen-bond acceptors (Lipinski definition) is 4. The zero-order valence-corrected chi connectivity index (χ0v) is 8.16. The standard InChI is InChI=1S/C8H9N3O2S/c9-4-10-2-6-5(3-12)11-7(13)1-8(11)14-6/h3-4,8H,1-2H2,(H2,9,10)/t8-/m1/s1. The molecule has 2 rings (SSSR count). The fourth-order valence-corrected chi connectivity index (χ4v) is 2.81. The number of aldehydes is 1. The van der Waals surface area contributed by atoms with Crippen LogP contribution in [0.4, 0.5) is 0 Å². The number of rotatable bonds is 3. The minimum Gasteiger partial charge on any atom is -0.390 e. The Balaban J connectivity index is 2.20. The smallest absolute Gasteiger partial charge is 0.231 e. The lowest BCUT2D eigenvalue weighted by Gasteiger charge is -2.33. The minimum absolute atomic E-state index is 0.0105. The Kier molecular flexibility index (Phi) is 2.28. The lowest BCUT2D eigenvalue weighted by molar-refractivity contribution is -0.139. The van der Waals surface area contributed by atoms with Gasteiger partial charge in [-0.25, -0.2) is 0 Å². The molecule has 1 fully saturated rings. The van der Waals surface area contributed by atoms with Crippen LogP contribution in [0.15, 0.2) is 15.6 Å². The van der Waals surface area contributed by atoms with Gasteiger partial charge in [0.25, 0.3) is 0 Å². The number of β-lactam (4-membered cyclic amide) rings is 1. The predicted molar refractivity (Wildman–Crippen MR) is 53.5 cm³/mol. The first kappa shape index (κ1) is 9.26. The summed E-state index contributed by atoms with van der Waals surface area (Å²) < 4.78 is 0. The van der Waals surface area contributed by atoms with Crippen LogP contribution >= 0.6 is 11.8 Å². The highest BCUT2D eigenvalue weighted by Gasteiger charge is 2.45. The van der Waals surface area contributed by atoms with Crippen molar-refractivity contribution in [3.8, 4) is 0 Å². The van der Waals surface area contributed by atoms with E-state index in [1.54, 1.807) is 0 Å². The molecule has 0 radical (unpaired) electrons. The molecule has 74 valence electrons. The molecule has 0 aromatic rings. The van der Waals surface area contributed by atoms with E-state index in [2.05, 4.69) is 4.99 Å². The summed E-state index contributed by atoms with van der Waals surface area (Å²) in [7, 11) is 0. The fourth-order valence-electron chi connectivity index (χ4n) is 1.51. The lowest BCUT2D eigenvalue weighted by Crippen LogP contribution is -2.47. The Morgan fingerprint density at radius 2 is 2.50 bits per heavy atom. The Bertz CT molecular complexity index is 350. The Morgan fingerprint density at radius 3 is 3.07 bits per heavy atom. The van der Waals surface area contributed by atoms with Crippen LogP contribution in [0.2, 0.25) is 0 Å². The highest BCUT2D eigenvalue weighted by atomic mass is 32.2. The molecular formula is C8H9N3O2S. The van der Waals surface area contributed by atoms with Crippen LogP contribution in [0.3, 0.4) is 0 Å². The van der Waals surface area contributed by atoms with Crippen molar-refractivity contribution in [3.05, 3.63) is 10.6 Å². The van der Waals surface area contributed by atoms with Crippen LogP contribution in [-0.2, 0) is 9.59 Å².